The lowest BCUT2D eigenvalue weighted by molar-refractivity contribution is 0.475. The molecule has 0 fully saturated rings. The number of hydrogen-bond donors (Lipinski definition) is 3. The number of nitrogens with two attached hydrogens (primary N) is 1. The number of halogens is 1. The van der Waals surface area contributed by atoms with Gasteiger partial charge in [-0.3, -0.25) is 0 Å². The Labute approximate surface area is 113 Å². The van der Waals surface area contributed by atoms with Gasteiger partial charge in [-0.2, -0.15) is 0 Å². The van der Waals surface area contributed by atoms with Gasteiger partial charge in [0, 0.05) is 6.54 Å². The molecule has 0 spiro atoms. The van der Waals surface area contributed by atoms with Crippen LogP contribution < -0.4 is 11.1 Å². The zero-order valence-corrected chi connectivity index (χ0v) is 11.2. The molecule has 0 atom stereocenters. The number of rotatable bonds is 4. The van der Waals surface area contributed by atoms with Crippen molar-refractivity contribution in [2.24, 2.45) is 0 Å². The minimum atomic E-state index is 0.276. The van der Waals surface area contributed by atoms with Crippen LogP contribution in [0.3, 0.4) is 0 Å². The van der Waals surface area contributed by atoms with Gasteiger partial charge in [-0.05, 0) is 40.0 Å². The van der Waals surface area contributed by atoms with Gasteiger partial charge in [0.25, 0.3) is 0 Å². The smallest absolute Gasteiger partial charge is 0.145 e. The standard InChI is InChI=1S/C12H13BrN4O/c13-10-11(14)16-7-17-12(10)15-6-5-8-1-3-9(18)4-2-8/h1-4,7,18H,5-6H2,(H3,14,15,16,17). The van der Waals surface area contributed by atoms with Crippen LogP contribution in [0.25, 0.3) is 0 Å². The van der Waals surface area contributed by atoms with E-state index in [0.717, 1.165) is 18.5 Å². The first-order chi connectivity index (χ1) is 8.66. The Kier molecular flexibility index (Phi) is 3.99. The van der Waals surface area contributed by atoms with Crippen LogP contribution in [0.5, 0.6) is 5.75 Å². The first-order valence-corrected chi connectivity index (χ1v) is 6.24. The Bertz CT molecular complexity index is 530. The molecule has 0 aliphatic rings. The number of hydrogen-bond acceptors (Lipinski definition) is 5. The molecule has 0 saturated heterocycles. The highest BCUT2D eigenvalue weighted by Gasteiger charge is 2.04. The molecule has 18 heavy (non-hydrogen) atoms. The molecule has 0 radical (unpaired) electrons. The first-order valence-electron chi connectivity index (χ1n) is 5.44. The summed E-state index contributed by atoms with van der Waals surface area (Å²) in [4.78, 5) is 7.96. The largest absolute Gasteiger partial charge is 0.508 e. The second kappa shape index (κ2) is 5.68. The van der Waals surface area contributed by atoms with Crippen LogP contribution in [0.1, 0.15) is 5.56 Å². The monoisotopic (exact) mass is 308 g/mol. The normalized spacial score (nSPS) is 10.3. The summed E-state index contributed by atoms with van der Waals surface area (Å²) in [5, 5.41) is 12.4. The van der Waals surface area contributed by atoms with Crippen molar-refractivity contribution < 1.29 is 5.11 Å². The zero-order valence-electron chi connectivity index (χ0n) is 9.60. The van der Waals surface area contributed by atoms with Crippen molar-refractivity contribution in [1.82, 2.24) is 9.97 Å². The van der Waals surface area contributed by atoms with Crippen LogP contribution in [-0.4, -0.2) is 21.6 Å². The van der Waals surface area contributed by atoms with Gasteiger partial charge in [0.05, 0.1) is 0 Å². The molecule has 2 rings (SSSR count). The van der Waals surface area contributed by atoms with Crippen molar-refractivity contribution in [1.29, 1.82) is 0 Å². The topological polar surface area (TPSA) is 84.1 Å². The number of phenols is 1. The fourth-order valence-electron chi connectivity index (χ4n) is 1.49. The van der Waals surface area contributed by atoms with Gasteiger partial charge in [-0.25, -0.2) is 9.97 Å². The molecule has 0 saturated carbocycles. The Morgan fingerprint density at radius 1 is 1.22 bits per heavy atom. The fraction of sp³-hybridized carbons (Fsp3) is 0.167. The number of aromatic nitrogens is 2. The third kappa shape index (κ3) is 3.10. The quantitative estimate of drug-likeness (QED) is 0.806. The molecule has 4 N–H and O–H groups in total. The Hall–Kier alpha value is -1.82. The van der Waals surface area contributed by atoms with Gasteiger partial charge in [0.2, 0.25) is 0 Å². The van der Waals surface area contributed by atoms with Gasteiger partial charge >= 0.3 is 0 Å². The van der Waals surface area contributed by atoms with Crippen molar-refractivity contribution in [3.8, 4) is 5.75 Å². The molecular weight excluding hydrogens is 296 g/mol. The highest BCUT2D eigenvalue weighted by Crippen LogP contribution is 2.23. The van der Waals surface area contributed by atoms with Crippen LogP contribution in [0.15, 0.2) is 35.1 Å². The van der Waals surface area contributed by atoms with E-state index in [9.17, 15) is 5.11 Å². The Morgan fingerprint density at radius 2 is 1.94 bits per heavy atom. The third-order valence-electron chi connectivity index (χ3n) is 2.46. The van der Waals surface area contributed by atoms with Crippen LogP contribution in [0.4, 0.5) is 11.6 Å². The number of nitrogens with one attached hydrogen (secondary N) is 1. The van der Waals surface area contributed by atoms with Crippen LogP contribution in [0, 0.1) is 0 Å². The zero-order chi connectivity index (χ0) is 13.0. The lowest BCUT2D eigenvalue weighted by Gasteiger charge is -2.08. The maximum absolute atomic E-state index is 9.17. The van der Waals surface area contributed by atoms with E-state index in [2.05, 4.69) is 31.2 Å². The van der Waals surface area contributed by atoms with E-state index in [0.29, 0.717) is 16.1 Å². The molecule has 6 heteroatoms. The number of nitrogen functional groups attached to an aromatic ring is 1. The van der Waals surface area contributed by atoms with Crippen LogP contribution in [-0.2, 0) is 6.42 Å². The molecule has 1 heterocycles. The van der Waals surface area contributed by atoms with Gasteiger partial charge in [0.1, 0.15) is 28.2 Å². The Morgan fingerprint density at radius 3 is 2.67 bits per heavy atom. The van der Waals surface area contributed by atoms with Crippen molar-refractivity contribution in [3.05, 3.63) is 40.6 Å². The molecule has 1 aromatic carbocycles. The molecule has 0 bridgehead atoms. The predicted octanol–water partition coefficient (Wildman–Crippen LogP) is 2.18. The maximum Gasteiger partial charge on any atom is 0.145 e. The van der Waals surface area contributed by atoms with Crippen LogP contribution >= 0.6 is 15.9 Å². The van der Waals surface area contributed by atoms with E-state index in [1.165, 1.54) is 6.33 Å². The van der Waals surface area contributed by atoms with E-state index < -0.39 is 0 Å². The lowest BCUT2D eigenvalue weighted by atomic mass is 10.1. The Balaban J connectivity index is 1.92. The van der Waals surface area contributed by atoms with E-state index >= 15 is 0 Å². The summed E-state index contributed by atoms with van der Waals surface area (Å²) in [6.45, 7) is 0.722. The highest BCUT2D eigenvalue weighted by molar-refractivity contribution is 9.10. The summed E-state index contributed by atoms with van der Waals surface area (Å²) in [7, 11) is 0. The number of aromatic hydroxyl groups is 1. The van der Waals surface area contributed by atoms with Crippen molar-refractivity contribution >= 4 is 27.6 Å². The summed E-state index contributed by atoms with van der Waals surface area (Å²) >= 11 is 3.33. The summed E-state index contributed by atoms with van der Waals surface area (Å²) in [6, 6.07) is 7.13. The van der Waals surface area contributed by atoms with E-state index in [4.69, 9.17) is 5.73 Å². The van der Waals surface area contributed by atoms with Crippen molar-refractivity contribution in [2.75, 3.05) is 17.6 Å². The van der Waals surface area contributed by atoms with Crippen LogP contribution in [0.2, 0.25) is 0 Å². The fourth-order valence-corrected chi connectivity index (χ4v) is 1.84. The molecule has 1 aromatic heterocycles. The number of benzene rings is 1. The van der Waals surface area contributed by atoms with E-state index in [1.54, 1.807) is 12.1 Å². The minimum Gasteiger partial charge on any atom is -0.508 e. The second-order valence-corrected chi connectivity index (χ2v) is 4.56. The van der Waals surface area contributed by atoms with Crippen molar-refractivity contribution in [2.45, 2.75) is 6.42 Å². The summed E-state index contributed by atoms with van der Waals surface area (Å²) < 4.78 is 0.677. The third-order valence-corrected chi connectivity index (χ3v) is 3.24. The summed E-state index contributed by atoms with van der Waals surface area (Å²) in [6.07, 6.45) is 2.25. The van der Waals surface area contributed by atoms with Gasteiger partial charge in [0.15, 0.2) is 0 Å². The van der Waals surface area contributed by atoms with Gasteiger partial charge in [-0.15, -0.1) is 0 Å². The van der Waals surface area contributed by atoms with Gasteiger partial charge in [-0.1, -0.05) is 12.1 Å². The lowest BCUT2D eigenvalue weighted by Crippen LogP contribution is -2.08. The average molecular weight is 309 g/mol. The minimum absolute atomic E-state index is 0.276. The van der Waals surface area contributed by atoms with E-state index in [-0.39, 0.29) is 5.75 Å². The number of nitrogens with zero attached hydrogens (tertiary/aromatic N) is 2. The molecule has 2 aromatic rings. The molecular formula is C12H13BrN4O. The van der Waals surface area contributed by atoms with E-state index in [1.807, 2.05) is 12.1 Å². The van der Waals surface area contributed by atoms with Crippen molar-refractivity contribution in [3.63, 3.8) is 0 Å². The average Bonchev–Trinajstić information content (AvgIpc) is 2.37. The second-order valence-electron chi connectivity index (χ2n) is 3.76. The number of phenolic OH excluding ortho intramolecular Hbond substituents is 1. The molecule has 0 amide bonds. The predicted molar refractivity (Wildman–Crippen MR) is 74.4 cm³/mol. The molecule has 5 nitrogen and oxygen atoms in total. The highest BCUT2D eigenvalue weighted by atomic mass is 79.9. The SMILES string of the molecule is Nc1ncnc(NCCc2ccc(O)cc2)c1Br. The summed E-state index contributed by atoms with van der Waals surface area (Å²) in [5.41, 5.74) is 6.79. The first kappa shape index (κ1) is 12.6. The molecule has 0 aliphatic heterocycles. The number of anilines is 2. The maximum atomic E-state index is 9.17. The molecule has 0 aliphatic carbocycles. The molecule has 0 unspecified atom stereocenters. The summed E-state index contributed by atoms with van der Waals surface area (Å²) in [5.74, 6) is 1.37. The van der Waals surface area contributed by atoms with Gasteiger partial charge < -0.3 is 16.2 Å². The molecule has 94 valence electrons.